The van der Waals surface area contributed by atoms with Gasteiger partial charge in [0.2, 0.25) is 0 Å². The first-order chi connectivity index (χ1) is 3.29. The van der Waals surface area contributed by atoms with Gasteiger partial charge in [-0.25, -0.2) is 4.79 Å². The summed E-state index contributed by atoms with van der Waals surface area (Å²) in [4.78, 5) is 10.2. The molecule has 1 aliphatic heterocycles. The lowest BCUT2D eigenvalue weighted by atomic mass is 10.7. The number of urea groups is 1. The molecule has 7 heavy (non-hydrogen) atoms. The van der Waals surface area contributed by atoms with Gasteiger partial charge in [0.15, 0.2) is 0 Å². The molecular weight excluding hydrogens is 207 g/mol. The van der Waals surface area contributed by atoms with Crippen LogP contribution >= 0.6 is 21.0 Å². The summed E-state index contributed by atoms with van der Waals surface area (Å²) in [5.41, 5.74) is 0. The van der Waals surface area contributed by atoms with Crippen molar-refractivity contribution >= 4 is 30.7 Å². The fourth-order valence-electron chi connectivity index (χ4n) is 0.317. The van der Waals surface area contributed by atoms with Gasteiger partial charge in [-0.05, 0) is 6.92 Å². The second-order valence-corrected chi connectivity index (χ2v) is 3.87. The standard InChI is InChI=1S/C3H5IN2O/c1-2-4-6-3(7)5-2/h1H3,(H2,5,6,7). The van der Waals surface area contributed by atoms with Crippen LogP contribution in [-0.2, 0) is 0 Å². The second kappa shape index (κ2) is 1.77. The fourth-order valence-corrected chi connectivity index (χ4v) is 1.48. The summed E-state index contributed by atoms with van der Waals surface area (Å²) in [7, 11) is 0. The highest BCUT2D eigenvalue weighted by Crippen LogP contribution is 1.96. The maximum atomic E-state index is 10.2. The highest BCUT2D eigenvalue weighted by Gasteiger charge is 2.04. The molecule has 3 nitrogen and oxygen atoms in total. The van der Waals surface area contributed by atoms with Crippen LogP contribution in [0.15, 0.2) is 0 Å². The van der Waals surface area contributed by atoms with E-state index in [1.165, 1.54) is 0 Å². The Labute approximate surface area is 51.6 Å². The van der Waals surface area contributed by atoms with Gasteiger partial charge < -0.3 is 5.32 Å². The summed E-state index contributed by atoms with van der Waals surface area (Å²) in [6, 6.07) is -0.0368. The minimum atomic E-state index is -0.155. The smallest absolute Gasteiger partial charge is 0.305 e. The predicted octanol–water partition coefficient (Wildman–Crippen LogP) is 0.335. The summed E-state index contributed by atoms with van der Waals surface area (Å²) in [5, 5.41) is 2.63. The molecule has 0 aromatic rings. The van der Waals surface area contributed by atoms with E-state index in [0.29, 0.717) is 0 Å². The van der Waals surface area contributed by atoms with Crippen LogP contribution < -0.4 is 8.85 Å². The van der Waals surface area contributed by atoms with Crippen molar-refractivity contribution in [2.45, 2.75) is 6.92 Å². The van der Waals surface area contributed by atoms with Crippen molar-refractivity contribution < 1.29 is 4.79 Å². The Morgan fingerprint density at radius 3 is 2.57 bits per heavy atom. The number of hydrogen-bond donors (Lipinski definition) is 2. The number of amides is 2. The van der Waals surface area contributed by atoms with E-state index in [4.69, 9.17) is 0 Å². The van der Waals surface area contributed by atoms with Crippen molar-refractivity contribution in [1.29, 1.82) is 0 Å². The van der Waals surface area contributed by atoms with E-state index in [0.717, 1.165) is 3.63 Å². The van der Waals surface area contributed by atoms with Gasteiger partial charge in [-0.1, -0.05) is 0 Å². The van der Waals surface area contributed by atoms with E-state index < -0.39 is 0 Å². The average molecular weight is 212 g/mol. The molecule has 2 amide bonds. The SMILES string of the molecule is CC1=INC(=O)N1. The molecule has 40 valence electrons. The summed E-state index contributed by atoms with van der Waals surface area (Å²) in [6.45, 7) is 1.92. The fraction of sp³-hybridized carbons (Fsp3) is 0.333. The van der Waals surface area contributed by atoms with Crippen molar-refractivity contribution in [2.24, 2.45) is 0 Å². The topological polar surface area (TPSA) is 41.1 Å². The van der Waals surface area contributed by atoms with E-state index >= 15 is 0 Å². The first-order valence-electron chi connectivity index (χ1n) is 1.83. The molecule has 1 rings (SSSR count). The van der Waals surface area contributed by atoms with Gasteiger partial charge in [0.25, 0.3) is 0 Å². The van der Waals surface area contributed by atoms with Gasteiger partial charge in [0.05, 0.1) is 3.63 Å². The zero-order valence-corrected chi connectivity index (χ0v) is 5.94. The Bertz CT molecular complexity index is 131. The molecule has 0 atom stereocenters. The monoisotopic (exact) mass is 212 g/mol. The van der Waals surface area contributed by atoms with Gasteiger partial charge in [-0.2, -0.15) is 0 Å². The Kier molecular flexibility index (Phi) is 1.27. The highest BCUT2D eigenvalue weighted by atomic mass is 127. The van der Waals surface area contributed by atoms with Crippen molar-refractivity contribution in [1.82, 2.24) is 8.85 Å². The molecular formula is C3H5IN2O. The first kappa shape index (κ1) is 5.02. The molecule has 0 bridgehead atoms. The van der Waals surface area contributed by atoms with E-state index in [2.05, 4.69) is 8.85 Å². The number of hydrogen-bond acceptors (Lipinski definition) is 1. The molecule has 0 saturated carbocycles. The van der Waals surface area contributed by atoms with Crippen molar-refractivity contribution in [3.63, 3.8) is 0 Å². The molecule has 0 aromatic heterocycles. The summed E-state index contributed by atoms with van der Waals surface area (Å²) in [6.07, 6.45) is 0. The third-order valence-electron chi connectivity index (χ3n) is 0.561. The van der Waals surface area contributed by atoms with Gasteiger partial charge in [0, 0.05) is 21.0 Å². The molecule has 4 heteroatoms. The van der Waals surface area contributed by atoms with Crippen LogP contribution in [0.25, 0.3) is 0 Å². The summed E-state index contributed by atoms with van der Waals surface area (Å²) in [5.74, 6) is 0. The Balaban J connectivity index is 2.58. The number of nitrogens with one attached hydrogen (secondary N) is 2. The molecule has 1 aliphatic rings. The molecule has 0 saturated heterocycles. The number of carbonyl (C=O) groups excluding carboxylic acids is 1. The van der Waals surface area contributed by atoms with Crippen LogP contribution in [0.2, 0.25) is 0 Å². The van der Waals surface area contributed by atoms with E-state index in [-0.39, 0.29) is 27.0 Å². The van der Waals surface area contributed by atoms with Crippen LogP contribution in [-0.4, -0.2) is 9.66 Å². The maximum Gasteiger partial charge on any atom is 0.327 e. The molecule has 1 heterocycles. The molecule has 0 radical (unpaired) electrons. The molecule has 0 aliphatic carbocycles. The quantitative estimate of drug-likeness (QED) is 0.441. The minimum absolute atomic E-state index is 0.0368. The van der Waals surface area contributed by atoms with Crippen molar-refractivity contribution in [3.8, 4) is 0 Å². The van der Waals surface area contributed by atoms with E-state index in [1.54, 1.807) is 0 Å². The highest BCUT2D eigenvalue weighted by molar-refractivity contribution is 14.2. The number of carbonyl (C=O) groups is 1. The molecule has 2 N–H and O–H groups in total. The van der Waals surface area contributed by atoms with Gasteiger partial charge >= 0.3 is 6.03 Å². The van der Waals surface area contributed by atoms with Crippen LogP contribution in [0.4, 0.5) is 4.79 Å². The first-order valence-corrected chi connectivity index (χ1v) is 3.99. The van der Waals surface area contributed by atoms with Crippen LogP contribution in [0, 0.1) is 0 Å². The zero-order chi connectivity index (χ0) is 5.28. The molecule has 0 fully saturated rings. The Hall–Kier alpha value is -0.130. The van der Waals surface area contributed by atoms with Gasteiger partial charge in [-0.15, -0.1) is 0 Å². The summed E-state index contributed by atoms with van der Waals surface area (Å²) < 4.78 is 3.79. The van der Waals surface area contributed by atoms with Gasteiger partial charge in [0.1, 0.15) is 0 Å². The van der Waals surface area contributed by atoms with Crippen molar-refractivity contribution in [3.05, 3.63) is 0 Å². The zero-order valence-electron chi connectivity index (χ0n) is 3.79. The predicted molar refractivity (Wildman–Crippen MR) is 36.4 cm³/mol. The Morgan fingerprint density at radius 2 is 2.43 bits per heavy atom. The molecule has 0 unspecified atom stereocenters. The lowest BCUT2D eigenvalue weighted by Gasteiger charge is -1.85. The molecule has 0 aromatic carbocycles. The van der Waals surface area contributed by atoms with E-state index in [1.807, 2.05) is 6.92 Å². The largest absolute Gasteiger partial charge is 0.327 e. The van der Waals surface area contributed by atoms with Crippen LogP contribution in [0.1, 0.15) is 6.92 Å². The summed E-state index contributed by atoms with van der Waals surface area (Å²) >= 11 is -0.155. The van der Waals surface area contributed by atoms with E-state index in [9.17, 15) is 4.79 Å². The third kappa shape index (κ3) is 1.12. The maximum absolute atomic E-state index is 10.2. The minimum Gasteiger partial charge on any atom is -0.305 e. The van der Waals surface area contributed by atoms with Gasteiger partial charge in [-0.3, -0.25) is 3.53 Å². The lowest BCUT2D eigenvalue weighted by Crippen LogP contribution is -2.24. The number of rotatable bonds is 0. The Morgan fingerprint density at radius 1 is 1.71 bits per heavy atom. The second-order valence-electron chi connectivity index (χ2n) is 1.18. The lowest BCUT2D eigenvalue weighted by molar-refractivity contribution is 0.252. The molecule has 0 spiro atoms. The van der Waals surface area contributed by atoms with Crippen molar-refractivity contribution in [2.75, 3.05) is 0 Å². The number of halogens is 1. The average Bonchev–Trinajstić information content (AvgIpc) is 1.87. The third-order valence-corrected chi connectivity index (χ3v) is 2.40. The van der Waals surface area contributed by atoms with Crippen LogP contribution in [0.3, 0.4) is 0 Å². The normalized spacial score (nSPS) is 19.0. The van der Waals surface area contributed by atoms with Crippen LogP contribution in [0.5, 0.6) is 0 Å².